The first-order valence-electron chi connectivity index (χ1n) is 36.8. The van der Waals surface area contributed by atoms with E-state index in [0.29, 0.717) is 47.8 Å². The number of hydrogen-bond donors (Lipinski definition) is 15. The normalized spacial score (nSPS) is 36.3. The summed E-state index contributed by atoms with van der Waals surface area (Å²) < 4.78 is 36.3. The molecule has 9 bridgehead atoms. The van der Waals surface area contributed by atoms with E-state index in [0.717, 1.165) is 76.7 Å². The maximum absolute atomic E-state index is 15.9. The number of carbonyl (C=O) groups excluding carboxylic acids is 4. The Morgan fingerprint density at radius 3 is 2.60 bits per heavy atom. The minimum absolute atomic E-state index is 0.0296. The maximum atomic E-state index is 15.9. The number of ether oxygens (including phenoxy) is 5. The zero-order valence-corrected chi connectivity index (χ0v) is 57.4. The molecule has 1 saturated carbocycles. The largest absolute Gasteiger partial charge is 0.486 e. The summed E-state index contributed by atoms with van der Waals surface area (Å²) in [6.45, 7) is -1.52. The van der Waals surface area contributed by atoms with Crippen LogP contribution in [0, 0.1) is 40.9 Å². The average molecular weight is 1410 g/mol. The predicted molar refractivity (Wildman–Crippen MR) is 373 cm³/mol. The first kappa shape index (κ1) is 68.6. The number of para-hydroxylation sites is 1. The Balaban J connectivity index is 0.947. The summed E-state index contributed by atoms with van der Waals surface area (Å²) in [7, 11) is 1.91. The van der Waals surface area contributed by atoms with Crippen molar-refractivity contribution in [1.29, 1.82) is 0 Å². The highest BCUT2D eigenvalue weighted by Crippen LogP contribution is 2.66. The molecule has 25 heteroatoms. The van der Waals surface area contributed by atoms with Crippen molar-refractivity contribution in [3.05, 3.63) is 156 Å². The van der Waals surface area contributed by atoms with Crippen LogP contribution in [-0.2, 0) is 43.4 Å². The number of benzene rings is 4. The van der Waals surface area contributed by atoms with E-state index in [1.165, 1.54) is 12.1 Å². The smallest absolute Gasteiger partial charge is 0.242 e. The SMILES string of the molecule is CNCc1cc2cc3c1C1CCC4CC5CCCC5NC5C6=C(N)NCC=C6C(COC6C7Oc8c(cc9c(c8OCC(O)CC=O)C(=O)c8cc(CO)ccc8C9=O)C(c8ccccc8N8CNC9C(=O)NC(N)NC98)C8CCC(O)C(C#CC(O)(C(COC8)O7)C6O)C2)(C1=C45)C(O)C3CCO. The number of dihydropyridines is 1. The number of nitrogens with zero attached hydrogens (tertiary/aromatic N) is 1. The van der Waals surface area contributed by atoms with Crippen LogP contribution in [0.1, 0.15) is 153 Å². The third-order valence-corrected chi connectivity index (χ3v) is 25.2. The molecule has 21 atom stereocenters. The molecular weight excluding hydrogens is 1320 g/mol. The van der Waals surface area contributed by atoms with Crippen LogP contribution in [0.3, 0.4) is 0 Å². The lowest BCUT2D eigenvalue weighted by Crippen LogP contribution is -2.70. The molecule has 0 radical (unpaired) electrons. The Bertz CT molecular complexity index is 4300. The second-order valence-electron chi connectivity index (χ2n) is 30.7. The van der Waals surface area contributed by atoms with Crippen molar-refractivity contribution in [3.8, 4) is 23.3 Å². The minimum atomic E-state index is -2.59. The average Bonchev–Trinajstić information content (AvgIpc) is 1.52. The van der Waals surface area contributed by atoms with E-state index in [1.807, 2.05) is 36.2 Å². The molecule has 4 aromatic carbocycles. The number of nitrogens with one attached hydrogen (secondary N) is 6. The minimum Gasteiger partial charge on any atom is -0.486 e. The quantitative estimate of drug-likeness (QED) is 0.0475. The summed E-state index contributed by atoms with van der Waals surface area (Å²) in [5.74, 6) is 1.21. The van der Waals surface area contributed by atoms with Crippen molar-refractivity contribution >= 4 is 29.4 Å². The van der Waals surface area contributed by atoms with E-state index >= 15 is 9.59 Å². The van der Waals surface area contributed by atoms with E-state index in [4.69, 9.17) is 35.2 Å². The number of carbonyl (C=O) groups is 4. The van der Waals surface area contributed by atoms with Gasteiger partial charge in [-0.2, -0.15) is 0 Å². The fourth-order valence-electron chi connectivity index (χ4n) is 20.6. The van der Waals surface area contributed by atoms with Crippen LogP contribution < -0.4 is 57.7 Å². The van der Waals surface area contributed by atoms with Gasteiger partial charge in [-0.1, -0.05) is 60.7 Å². The van der Waals surface area contributed by atoms with Crippen LogP contribution in [-0.4, -0.2) is 192 Å². The summed E-state index contributed by atoms with van der Waals surface area (Å²) in [5.41, 5.74) is 18.3. The second-order valence-corrected chi connectivity index (χ2v) is 30.7. The number of aliphatic hydroxyl groups is 7. The summed E-state index contributed by atoms with van der Waals surface area (Å²) >= 11 is 0. The highest BCUT2D eigenvalue weighted by molar-refractivity contribution is 6.29. The molecule has 544 valence electrons. The van der Waals surface area contributed by atoms with Crippen molar-refractivity contribution < 1.29 is 78.6 Å². The van der Waals surface area contributed by atoms with Crippen LogP contribution in [0.25, 0.3) is 0 Å². The number of fused-ring (bicyclic) bond motifs is 17. The summed E-state index contributed by atoms with van der Waals surface area (Å²) in [6, 6.07) is 16.9. The van der Waals surface area contributed by atoms with Gasteiger partial charge < -0.3 is 96.1 Å². The molecule has 17 N–H and O–H groups in total. The Morgan fingerprint density at radius 2 is 1.78 bits per heavy atom. The van der Waals surface area contributed by atoms with E-state index < -0.39 is 141 Å². The van der Waals surface area contributed by atoms with Gasteiger partial charge in [0.05, 0.1) is 74.3 Å². The lowest BCUT2D eigenvalue weighted by molar-refractivity contribution is -0.311. The molecule has 103 heavy (non-hydrogen) atoms. The lowest BCUT2D eigenvalue weighted by Gasteiger charge is -2.56. The maximum Gasteiger partial charge on any atom is 0.242 e. The van der Waals surface area contributed by atoms with Gasteiger partial charge in [0.15, 0.2) is 28.7 Å². The van der Waals surface area contributed by atoms with Gasteiger partial charge in [0.25, 0.3) is 0 Å². The van der Waals surface area contributed by atoms with Gasteiger partial charge in [-0.25, -0.2) is 0 Å². The van der Waals surface area contributed by atoms with Crippen molar-refractivity contribution in [1.82, 2.24) is 31.9 Å². The summed E-state index contributed by atoms with van der Waals surface area (Å²) in [6.07, 6.45) is -4.91. The molecule has 8 aliphatic heterocycles. The zero-order valence-electron chi connectivity index (χ0n) is 57.4. The van der Waals surface area contributed by atoms with E-state index in [2.05, 4.69) is 62.0 Å². The molecule has 21 unspecified atom stereocenters. The van der Waals surface area contributed by atoms with E-state index in [-0.39, 0.29) is 121 Å². The highest BCUT2D eigenvalue weighted by Gasteiger charge is 2.65. The third-order valence-electron chi connectivity index (χ3n) is 25.2. The van der Waals surface area contributed by atoms with Crippen molar-refractivity contribution in [2.45, 2.75) is 181 Å². The predicted octanol–water partition coefficient (Wildman–Crippen LogP) is 1.28. The number of hydrogen-bond acceptors (Lipinski definition) is 24. The number of rotatable bonds is 12. The molecule has 1 spiro atoms. The van der Waals surface area contributed by atoms with Gasteiger partial charge in [0.1, 0.15) is 55.5 Å². The van der Waals surface area contributed by atoms with Gasteiger partial charge in [0.2, 0.25) is 12.2 Å². The van der Waals surface area contributed by atoms with E-state index in [9.17, 15) is 45.3 Å². The summed E-state index contributed by atoms with van der Waals surface area (Å²) in [5, 5.41) is 110. The lowest BCUT2D eigenvalue weighted by atomic mass is 9.52. The Labute approximate surface area is 596 Å². The molecule has 13 aliphatic rings. The molecule has 25 nitrogen and oxygen atoms in total. The molecule has 17 rings (SSSR count). The van der Waals surface area contributed by atoms with Crippen LogP contribution in [0.2, 0.25) is 0 Å². The molecule has 0 aromatic heterocycles. The molecule has 4 aromatic rings. The van der Waals surface area contributed by atoms with Crippen LogP contribution >= 0.6 is 0 Å². The number of amides is 1. The molecule has 5 fully saturated rings. The molecule has 8 heterocycles. The molecule has 5 aliphatic carbocycles. The van der Waals surface area contributed by atoms with Gasteiger partial charge in [-0.15, -0.1) is 0 Å². The summed E-state index contributed by atoms with van der Waals surface area (Å²) in [4.78, 5) is 59.6. The Morgan fingerprint density at radius 1 is 0.922 bits per heavy atom. The standard InChI is InChI=1S/C78H91N9O16/c1-81-29-42-24-37-23-39-15-19-78(98)56-33-99-31-41(11-14-55(39)92)57(46-6-2-3-8-54(46)87-35-83-64-73(87)85-76(80)86-74(64)97)51-28-50-60(66(94)49-25-36(30-90)9-12-44(49)65(50)93)68(100-32-43(91)17-21-88)67(51)103-75(102-56)69(71(78)96)101-34-77-52-16-20-82-72(79)61(52)63-59-40(27-38-5-4-7-53(38)84-63)10-13-47(62(59)77)58(42)48(26-37)45(18-22-89)70(77)95/h2-3,6,8-9,12,16,21,24-26,28,38-41,43,45,47,53,55-57,63-64,69-71,73,75-76,81-85,89-92,95-96,98H,4-5,7,10-11,13-14,17-18,20,22-23,27,29-35,79-80H2,1H3,(H,86,97). The molecule has 1 amide bonds. The van der Waals surface area contributed by atoms with Gasteiger partial charge >= 0.3 is 0 Å². The van der Waals surface area contributed by atoms with E-state index in [1.54, 1.807) is 12.1 Å². The monoisotopic (exact) mass is 1410 g/mol. The number of nitrogens with two attached hydrogens (primary N) is 2. The van der Waals surface area contributed by atoms with Crippen LogP contribution in [0.5, 0.6) is 11.5 Å². The number of ketones is 2. The third kappa shape index (κ3) is 11.0. The van der Waals surface area contributed by atoms with Crippen LogP contribution in [0.15, 0.2) is 94.9 Å². The molecule has 4 saturated heterocycles. The zero-order chi connectivity index (χ0) is 71.1. The van der Waals surface area contributed by atoms with Gasteiger partial charge in [-0.05, 0) is 157 Å². The first-order chi connectivity index (χ1) is 50.0. The van der Waals surface area contributed by atoms with Gasteiger partial charge in [-0.3, -0.25) is 30.8 Å². The van der Waals surface area contributed by atoms with Crippen molar-refractivity contribution in [2.75, 3.05) is 58.2 Å². The Hall–Kier alpha value is -7.46. The van der Waals surface area contributed by atoms with Crippen molar-refractivity contribution in [3.63, 3.8) is 0 Å². The Kier molecular flexibility index (Phi) is 17.9. The number of aldehydes is 1. The fraction of sp³-hybridized carbons (Fsp3) is 0.538. The second kappa shape index (κ2) is 26.8. The topological polar surface area (TPSA) is 384 Å². The molecular formula is C78H91N9O16. The number of anilines is 1. The van der Waals surface area contributed by atoms with Crippen molar-refractivity contribution in [2.24, 2.45) is 40.6 Å². The van der Waals surface area contributed by atoms with Crippen LogP contribution in [0.4, 0.5) is 5.69 Å². The fourth-order valence-corrected chi connectivity index (χ4v) is 20.6. The number of aliphatic hydroxyl groups excluding tert-OH is 6. The highest BCUT2D eigenvalue weighted by atomic mass is 16.7. The van der Waals surface area contributed by atoms with Gasteiger partial charge in [0, 0.05) is 83.4 Å². The first-order valence-corrected chi connectivity index (χ1v) is 36.8.